The van der Waals surface area contributed by atoms with Gasteiger partial charge >= 0.3 is 6.18 Å². The predicted octanol–water partition coefficient (Wildman–Crippen LogP) is 5.26. The van der Waals surface area contributed by atoms with E-state index >= 15 is 0 Å². The quantitative estimate of drug-likeness (QED) is 0.276. The summed E-state index contributed by atoms with van der Waals surface area (Å²) in [6.45, 7) is 4.82. The number of hydrogen-bond acceptors (Lipinski definition) is 3. The average Bonchev–Trinajstić information content (AvgIpc) is 2.67. The van der Waals surface area contributed by atoms with Crippen LogP contribution >= 0.6 is 15.9 Å². The molecule has 0 spiro atoms. The molecule has 144 valence electrons. The van der Waals surface area contributed by atoms with E-state index in [1.807, 2.05) is 0 Å². The topological polar surface area (TPSA) is 51.2 Å². The number of ketones is 3. The van der Waals surface area contributed by atoms with Crippen molar-refractivity contribution in [2.24, 2.45) is 5.92 Å². The molecule has 27 heavy (non-hydrogen) atoms. The van der Waals surface area contributed by atoms with Gasteiger partial charge in [0.2, 0.25) is 0 Å². The number of carbonyl (C=O) groups excluding carboxylic acids is 3. The van der Waals surface area contributed by atoms with Crippen LogP contribution in [0.25, 0.3) is 0 Å². The third kappa shape index (κ3) is 5.25. The lowest BCUT2D eigenvalue weighted by atomic mass is 9.95. The first kappa shape index (κ1) is 21.3. The standard InChI is InChI=1S/C20H18BrF3O3/c1-11-8-19(27)13(6-7-18(11)26)4-3-5-15-16(12(2)25)9-14(10-17(15)21)20(22,23)24/h3-4,9-10,13H,1,5-8H2,2H3/b4-3+. The summed E-state index contributed by atoms with van der Waals surface area (Å²) in [6.07, 6.45) is -0.433. The van der Waals surface area contributed by atoms with Gasteiger partial charge in [-0.3, -0.25) is 14.4 Å². The molecule has 2 rings (SSSR count). The van der Waals surface area contributed by atoms with Gasteiger partial charge < -0.3 is 0 Å². The molecule has 1 saturated carbocycles. The maximum absolute atomic E-state index is 13.0. The molecule has 0 N–H and O–H groups in total. The number of Topliss-reactive ketones (excluding diaryl/α,β-unsaturated/α-hetero) is 3. The zero-order valence-corrected chi connectivity index (χ0v) is 16.2. The molecule has 3 nitrogen and oxygen atoms in total. The normalized spacial score (nSPS) is 18.9. The van der Waals surface area contributed by atoms with Crippen LogP contribution in [0.3, 0.4) is 0 Å². The van der Waals surface area contributed by atoms with E-state index in [9.17, 15) is 27.6 Å². The van der Waals surface area contributed by atoms with Crippen LogP contribution in [-0.2, 0) is 22.2 Å². The van der Waals surface area contributed by atoms with E-state index in [0.29, 0.717) is 17.6 Å². The number of alkyl halides is 3. The molecule has 0 aliphatic heterocycles. The Morgan fingerprint density at radius 1 is 1.33 bits per heavy atom. The van der Waals surface area contributed by atoms with Crippen molar-refractivity contribution in [3.8, 4) is 0 Å². The highest BCUT2D eigenvalue weighted by Crippen LogP contribution is 2.35. The van der Waals surface area contributed by atoms with Gasteiger partial charge in [0.05, 0.1) is 5.56 Å². The molecular weight excluding hydrogens is 425 g/mol. The van der Waals surface area contributed by atoms with Crippen molar-refractivity contribution in [3.63, 3.8) is 0 Å². The molecule has 1 unspecified atom stereocenters. The van der Waals surface area contributed by atoms with Gasteiger partial charge in [0.25, 0.3) is 0 Å². The smallest absolute Gasteiger partial charge is 0.299 e. The summed E-state index contributed by atoms with van der Waals surface area (Å²) in [6, 6.07) is 1.78. The number of benzene rings is 1. The van der Waals surface area contributed by atoms with E-state index in [2.05, 4.69) is 22.5 Å². The summed E-state index contributed by atoms with van der Waals surface area (Å²) in [5.74, 6) is -1.15. The Bertz CT molecular complexity index is 838. The number of allylic oxidation sites excluding steroid dienone is 3. The summed E-state index contributed by atoms with van der Waals surface area (Å²) in [5, 5.41) is 0. The first-order chi connectivity index (χ1) is 12.5. The third-order valence-electron chi connectivity index (χ3n) is 4.47. The number of rotatable bonds is 4. The Balaban J connectivity index is 2.25. The maximum Gasteiger partial charge on any atom is 0.416 e. The van der Waals surface area contributed by atoms with Gasteiger partial charge in [-0.05, 0) is 43.0 Å². The fourth-order valence-corrected chi connectivity index (χ4v) is 3.56. The minimum Gasteiger partial charge on any atom is -0.299 e. The summed E-state index contributed by atoms with van der Waals surface area (Å²) in [7, 11) is 0. The van der Waals surface area contributed by atoms with Gasteiger partial charge in [0.1, 0.15) is 5.78 Å². The Hall–Kier alpha value is -2.02. The fraction of sp³-hybridized carbons (Fsp3) is 0.350. The monoisotopic (exact) mass is 442 g/mol. The molecule has 0 saturated heterocycles. The van der Waals surface area contributed by atoms with E-state index < -0.39 is 23.4 Å². The molecule has 1 atom stereocenters. The van der Waals surface area contributed by atoms with Gasteiger partial charge in [-0.2, -0.15) is 13.2 Å². The summed E-state index contributed by atoms with van der Waals surface area (Å²) in [4.78, 5) is 35.6. The van der Waals surface area contributed by atoms with Gasteiger partial charge in [0.15, 0.2) is 11.6 Å². The Morgan fingerprint density at radius 2 is 2.00 bits per heavy atom. The van der Waals surface area contributed by atoms with Crippen LogP contribution in [0.15, 0.2) is 40.9 Å². The lowest BCUT2D eigenvalue weighted by molar-refractivity contribution is -0.137. The molecule has 0 bridgehead atoms. The minimum atomic E-state index is -4.55. The maximum atomic E-state index is 13.0. The van der Waals surface area contributed by atoms with Crippen molar-refractivity contribution in [1.29, 1.82) is 0 Å². The van der Waals surface area contributed by atoms with Crippen LogP contribution in [-0.4, -0.2) is 17.3 Å². The number of hydrogen-bond donors (Lipinski definition) is 0. The van der Waals surface area contributed by atoms with Crippen molar-refractivity contribution < 1.29 is 27.6 Å². The highest BCUT2D eigenvalue weighted by atomic mass is 79.9. The van der Waals surface area contributed by atoms with Gasteiger partial charge in [-0.15, -0.1) is 0 Å². The van der Waals surface area contributed by atoms with Crippen molar-refractivity contribution in [2.75, 3.05) is 0 Å². The summed E-state index contributed by atoms with van der Waals surface area (Å²) >= 11 is 3.12. The molecule has 1 fully saturated rings. The zero-order valence-electron chi connectivity index (χ0n) is 14.7. The second kappa shape index (κ2) is 8.33. The predicted molar refractivity (Wildman–Crippen MR) is 98.5 cm³/mol. The highest BCUT2D eigenvalue weighted by molar-refractivity contribution is 9.10. The largest absolute Gasteiger partial charge is 0.416 e. The van der Waals surface area contributed by atoms with Crippen molar-refractivity contribution in [3.05, 3.63) is 57.6 Å². The second-order valence-corrected chi connectivity index (χ2v) is 7.34. The SMILES string of the molecule is C=C1CC(=O)C(/C=C/Cc2c(Br)cc(C(F)(F)F)cc2C(C)=O)CCC1=O. The van der Waals surface area contributed by atoms with Crippen LogP contribution in [0.5, 0.6) is 0 Å². The Labute approximate surface area is 163 Å². The van der Waals surface area contributed by atoms with E-state index in [0.717, 1.165) is 12.1 Å². The van der Waals surface area contributed by atoms with Gasteiger partial charge in [-0.25, -0.2) is 0 Å². The van der Waals surface area contributed by atoms with Crippen molar-refractivity contribution in [1.82, 2.24) is 0 Å². The minimum absolute atomic E-state index is 0.0104. The molecule has 1 aliphatic carbocycles. The first-order valence-electron chi connectivity index (χ1n) is 8.31. The molecule has 7 heteroatoms. The van der Waals surface area contributed by atoms with Crippen LogP contribution in [0, 0.1) is 5.92 Å². The van der Waals surface area contributed by atoms with E-state index in [-0.39, 0.29) is 40.9 Å². The van der Waals surface area contributed by atoms with E-state index in [1.54, 1.807) is 12.2 Å². The van der Waals surface area contributed by atoms with E-state index in [1.165, 1.54) is 6.92 Å². The number of halogens is 4. The summed E-state index contributed by atoms with van der Waals surface area (Å²) in [5.41, 5.74) is -0.186. The average molecular weight is 443 g/mol. The Morgan fingerprint density at radius 3 is 2.59 bits per heavy atom. The van der Waals surface area contributed by atoms with Gasteiger partial charge in [-0.1, -0.05) is 34.7 Å². The lowest BCUT2D eigenvalue weighted by Gasteiger charge is -2.14. The highest BCUT2D eigenvalue weighted by Gasteiger charge is 2.32. The van der Waals surface area contributed by atoms with Crippen LogP contribution in [0.2, 0.25) is 0 Å². The van der Waals surface area contributed by atoms with E-state index in [4.69, 9.17) is 0 Å². The third-order valence-corrected chi connectivity index (χ3v) is 5.18. The molecular formula is C20H18BrF3O3. The van der Waals surface area contributed by atoms with Crippen LogP contribution in [0.1, 0.15) is 47.7 Å². The second-order valence-electron chi connectivity index (χ2n) is 6.49. The zero-order chi connectivity index (χ0) is 20.4. The van der Waals surface area contributed by atoms with Crippen molar-refractivity contribution >= 4 is 33.3 Å². The molecule has 0 aromatic heterocycles. The fourth-order valence-electron chi connectivity index (χ4n) is 2.94. The number of carbonyl (C=O) groups is 3. The molecule has 0 heterocycles. The molecule has 0 radical (unpaired) electrons. The first-order valence-corrected chi connectivity index (χ1v) is 9.11. The molecule has 1 aliphatic rings. The molecule has 1 aromatic rings. The molecule has 1 aromatic carbocycles. The summed E-state index contributed by atoms with van der Waals surface area (Å²) < 4.78 is 39.1. The Kier molecular flexibility index (Phi) is 6.57. The van der Waals surface area contributed by atoms with Gasteiger partial charge in [0, 0.05) is 28.8 Å². The molecule has 0 amide bonds. The lowest BCUT2D eigenvalue weighted by Crippen LogP contribution is -2.11. The van der Waals surface area contributed by atoms with Crippen molar-refractivity contribution in [2.45, 2.75) is 38.8 Å². The van der Waals surface area contributed by atoms with Crippen LogP contribution < -0.4 is 0 Å². The van der Waals surface area contributed by atoms with Crippen LogP contribution in [0.4, 0.5) is 13.2 Å².